The minimum Gasteiger partial charge on any atom is -0.399 e. The Hall–Kier alpha value is -1.55. The maximum absolute atomic E-state index is 11.8. The molecule has 0 aliphatic carbocycles. The quantitative estimate of drug-likeness (QED) is 0.658. The maximum atomic E-state index is 11.8. The first-order chi connectivity index (χ1) is 8.24. The smallest absolute Gasteiger partial charge is 0.279 e. The fourth-order valence-corrected chi connectivity index (χ4v) is 2.23. The van der Waals surface area contributed by atoms with Gasteiger partial charge < -0.3 is 16.0 Å². The van der Waals surface area contributed by atoms with E-state index in [1.54, 1.807) is 12.1 Å². The highest BCUT2D eigenvalue weighted by atomic mass is 16.2. The molecule has 4 N–H and O–H groups in total. The van der Waals surface area contributed by atoms with Gasteiger partial charge in [0.1, 0.15) is 0 Å². The summed E-state index contributed by atoms with van der Waals surface area (Å²) in [6, 6.07) is 7.25. The Morgan fingerprint density at radius 1 is 1.18 bits per heavy atom. The predicted octanol–water partition coefficient (Wildman–Crippen LogP) is 0.276. The summed E-state index contributed by atoms with van der Waals surface area (Å²) in [7, 11) is 0. The van der Waals surface area contributed by atoms with Gasteiger partial charge in [-0.1, -0.05) is 0 Å². The summed E-state index contributed by atoms with van der Waals surface area (Å²) in [4.78, 5) is 13.2. The molecule has 1 heterocycles. The average molecular weight is 234 g/mol. The van der Waals surface area contributed by atoms with E-state index in [-0.39, 0.29) is 5.91 Å². The number of hydrogen-bond donors (Lipinski definition) is 3. The summed E-state index contributed by atoms with van der Waals surface area (Å²) in [5, 5.41) is 2.90. The number of nitrogens with two attached hydrogens (primary N) is 1. The van der Waals surface area contributed by atoms with Crippen molar-refractivity contribution in [1.82, 2.24) is 0 Å². The van der Waals surface area contributed by atoms with Crippen molar-refractivity contribution in [2.75, 3.05) is 30.7 Å². The zero-order valence-electron chi connectivity index (χ0n) is 10.0. The van der Waals surface area contributed by atoms with Gasteiger partial charge in [-0.25, -0.2) is 0 Å². The SMILES string of the molecule is Nc1ccc(NC(=O)C[NH+]2CCCCC2)cc1. The molecule has 0 spiro atoms. The largest absolute Gasteiger partial charge is 0.399 e. The molecule has 92 valence electrons. The van der Waals surface area contributed by atoms with Crippen LogP contribution < -0.4 is 16.0 Å². The highest BCUT2D eigenvalue weighted by molar-refractivity contribution is 5.91. The van der Waals surface area contributed by atoms with Gasteiger partial charge in [-0.05, 0) is 43.5 Å². The van der Waals surface area contributed by atoms with Crippen LogP contribution in [0.4, 0.5) is 11.4 Å². The van der Waals surface area contributed by atoms with E-state index in [0.717, 1.165) is 18.8 Å². The minimum absolute atomic E-state index is 0.0895. The van der Waals surface area contributed by atoms with Crippen LogP contribution in [0.25, 0.3) is 0 Å². The number of benzene rings is 1. The maximum Gasteiger partial charge on any atom is 0.279 e. The van der Waals surface area contributed by atoms with Crippen LogP contribution in [-0.4, -0.2) is 25.5 Å². The number of anilines is 2. The number of rotatable bonds is 3. The third-order valence-electron chi connectivity index (χ3n) is 3.17. The van der Waals surface area contributed by atoms with E-state index in [9.17, 15) is 4.79 Å². The lowest BCUT2D eigenvalue weighted by Gasteiger charge is -2.22. The summed E-state index contributed by atoms with van der Waals surface area (Å²) >= 11 is 0. The van der Waals surface area contributed by atoms with Gasteiger partial charge in [-0.2, -0.15) is 0 Å². The second-order valence-corrected chi connectivity index (χ2v) is 4.66. The van der Waals surface area contributed by atoms with E-state index < -0.39 is 0 Å². The molecule has 1 fully saturated rings. The molecule has 1 saturated heterocycles. The van der Waals surface area contributed by atoms with Crippen LogP contribution >= 0.6 is 0 Å². The number of nitrogen functional groups attached to an aromatic ring is 1. The van der Waals surface area contributed by atoms with Crippen LogP contribution in [0.1, 0.15) is 19.3 Å². The van der Waals surface area contributed by atoms with Gasteiger partial charge in [0.15, 0.2) is 6.54 Å². The van der Waals surface area contributed by atoms with Crippen LogP contribution in [0.5, 0.6) is 0 Å². The molecule has 1 aromatic rings. The Balaban J connectivity index is 1.82. The van der Waals surface area contributed by atoms with Gasteiger partial charge in [0.25, 0.3) is 5.91 Å². The Morgan fingerprint density at radius 3 is 2.47 bits per heavy atom. The number of quaternary nitrogens is 1. The fourth-order valence-electron chi connectivity index (χ4n) is 2.23. The van der Waals surface area contributed by atoms with E-state index in [1.807, 2.05) is 12.1 Å². The first-order valence-electron chi connectivity index (χ1n) is 6.23. The van der Waals surface area contributed by atoms with Crippen molar-refractivity contribution in [3.63, 3.8) is 0 Å². The molecule has 1 aliphatic rings. The predicted molar refractivity (Wildman–Crippen MR) is 68.9 cm³/mol. The lowest BCUT2D eigenvalue weighted by molar-refractivity contribution is -0.896. The zero-order valence-corrected chi connectivity index (χ0v) is 10.0. The van der Waals surface area contributed by atoms with Gasteiger partial charge in [-0.3, -0.25) is 4.79 Å². The Bertz CT molecular complexity index is 369. The number of likely N-dealkylation sites (tertiary alicyclic amines) is 1. The monoisotopic (exact) mass is 234 g/mol. The number of carbonyl (C=O) groups is 1. The van der Waals surface area contributed by atoms with Gasteiger partial charge in [0.2, 0.25) is 0 Å². The molecular formula is C13H20N3O+. The van der Waals surface area contributed by atoms with E-state index in [1.165, 1.54) is 24.2 Å². The molecule has 1 amide bonds. The van der Waals surface area contributed by atoms with Crippen LogP contribution in [0.15, 0.2) is 24.3 Å². The number of carbonyl (C=O) groups excluding carboxylic acids is 1. The normalized spacial score (nSPS) is 16.7. The van der Waals surface area contributed by atoms with Gasteiger partial charge in [-0.15, -0.1) is 0 Å². The second-order valence-electron chi connectivity index (χ2n) is 4.66. The Morgan fingerprint density at radius 2 is 1.82 bits per heavy atom. The summed E-state index contributed by atoms with van der Waals surface area (Å²) < 4.78 is 0. The third-order valence-corrected chi connectivity index (χ3v) is 3.17. The molecule has 0 unspecified atom stereocenters. The van der Waals surface area contributed by atoms with Crippen LogP contribution in [0.3, 0.4) is 0 Å². The number of nitrogens with one attached hydrogen (secondary N) is 2. The van der Waals surface area contributed by atoms with E-state index >= 15 is 0 Å². The molecule has 4 nitrogen and oxygen atoms in total. The van der Waals surface area contributed by atoms with Crippen molar-refractivity contribution in [3.05, 3.63) is 24.3 Å². The summed E-state index contributed by atoms with van der Waals surface area (Å²) in [5.41, 5.74) is 7.12. The number of piperidine rings is 1. The number of hydrogen-bond acceptors (Lipinski definition) is 2. The minimum atomic E-state index is 0.0895. The van der Waals surface area contributed by atoms with Crippen LogP contribution in [0.2, 0.25) is 0 Å². The average Bonchev–Trinajstić information content (AvgIpc) is 2.33. The molecular weight excluding hydrogens is 214 g/mol. The first-order valence-corrected chi connectivity index (χ1v) is 6.23. The van der Waals surface area contributed by atoms with Crippen molar-refractivity contribution in [2.45, 2.75) is 19.3 Å². The molecule has 0 bridgehead atoms. The van der Waals surface area contributed by atoms with Crippen molar-refractivity contribution in [1.29, 1.82) is 0 Å². The molecule has 0 radical (unpaired) electrons. The highest BCUT2D eigenvalue weighted by Gasteiger charge is 2.17. The summed E-state index contributed by atoms with van der Waals surface area (Å²) in [6.07, 6.45) is 3.79. The zero-order chi connectivity index (χ0) is 12.1. The molecule has 0 saturated carbocycles. The highest BCUT2D eigenvalue weighted by Crippen LogP contribution is 2.09. The van der Waals surface area contributed by atoms with Gasteiger partial charge in [0, 0.05) is 11.4 Å². The van der Waals surface area contributed by atoms with Gasteiger partial charge in [0.05, 0.1) is 13.1 Å². The topological polar surface area (TPSA) is 59.6 Å². The second kappa shape index (κ2) is 5.68. The van der Waals surface area contributed by atoms with E-state index in [0.29, 0.717) is 12.2 Å². The molecule has 0 aromatic heterocycles. The summed E-state index contributed by atoms with van der Waals surface area (Å²) in [5.74, 6) is 0.0895. The lowest BCUT2D eigenvalue weighted by atomic mass is 10.1. The molecule has 1 aliphatic heterocycles. The van der Waals surface area contributed by atoms with Crippen molar-refractivity contribution >= 4 is 17.3 Å². The Labute approximate surface area is 102 Å². The molecule has 4 heteroatoms. The van der Waals surface area contributed by atoms with E-state index in [2.05, 4.69) is 5.32 Å². The van der Waals surface area contributed by atoms with Crippen LogP contribution in [0, 0.1) is 0 Å². The molecule has 1 aromatic carbocycles. The lowest BCUT2D eigenvalue weighted by Crippen LogP contribution is -3.13. The van der Waals surface area contributed by atoms with Gasteiger partial charge >= 0.3 is 0 Å². The Kier molecular flexibility index (Phi) is 3.98. The van der Waals surface area contributed by atoms with Crippen LogP contribution in [-0.2, 0) is 4.79 Å². The van der Waals surface area contributed by atoms with Crippen molar-refractivity contribution < 1.29 is 9.69 Å². The number of amides is 1. The summed E-state index contributed by atoms with van der Waals surface area (Å²) in [6.45, 7) is 2.81. The molecule has 2 rings (SSSR count). The molecule has 0 atom stereocenters. The molecule has 17 heavy (non-hydrogen) atoms. The first kappa shape index (κ1) is 11.9. The van der Waals surface area contributed by atoms with Crippen molar-refractivity contribution in [2.24, 2.45) is 0 Å². The van der Waals surface area contributed by atoms with E-state index in [4.69, 9.17) is 5.73 Å². The standard InChI is InChI=1S/C13H19N3O/c14-11-4-6-12(7-5-11)15-13(17)10-16-8-2-1-3-9-16/h4-7H,1-3,8-10,14H2,(H,15,17)/p+1. The fraction of sp³-hybridized carbons (Fsp3) is 0.462. The van der Waals surface area contributed by atoms with Crippen molar-refractivity contribution in [3.8, 4) is 0 Å². The third kappa shape index (κ3) is 3.75.